The van der Waals surface area contributed by atoms with Gasteiger partial charge in [0, 0.05) is 0 Å². The Morgan fingerprint density at radius 2 is 1.62 bits per heavy atom. The summed E-state index contributed by atoms with van der Waals surface area (Å²) >= 11 is 0. The summed E-state index contributed by atoms with van der Waals surface area (Å²) in [6, 6.07) is 12.8. The van der Waals surface area contributed by atoms with Gasteiger partial charge in [-0.15, -0.1) is 0 Å². The zero-order valence-electron chi connectivity index (χ0n) is 12.8. The summed E-state index contributed by atoms with van der Waals surface area (Å²) in [6.07, 6.45) is 2.39. The van der Waals surface area contributed by atoms with Gasteiger partial charge in [0.05, 0.1) is 11.2 Å². The molecule has 2 N–H and O–H groups in total. The van der Waals surface area contributed by atoms with Crippen molar-refractivity contribution in [1.29, 1.82) is 0 Å². The van der Waals surface area contributed by atoms with Gasteiger partial charge < -0.3 is 10.6 Å². The molecule has 1 aliphatic carbocycles. The normalized spacial score (nSPS) is 15.2. The molecular formula is C18H16F2N2O2. The van der Waals surface area contributed by atoms with Crippen molar-refractivity contribution in [1.82, 2.24) is 5.32 Å². The van der Waals surface area contributed by atoms with E-state index in [2.05, 4.69) is 10.6 Å². The molecule has 1 aliphatic rings. The van der Waals surface area contributed by atoms with Crippen LogP contribution in [-0.4, -0.2) is 11.8 Å². The molecule has 0 spiro atoms. The largest absolute Gasteiger partial charge is 0.338 e. The van der Waals surface area contributed by atoms with Crippen LogP contribution in [0.25, 0.3) is 0 Å². The SMILES string of the molecule is O=C(Nc1cccc(F)c1F)C(=O)NC1(c2ccccc2)CCC1. The van der Waals surface area contributed by atoms with E-state index >= 15 is 0 Å². The summed E-state index contributed by atoms with van der Waals surface area (Å²) in [7, 11) is 0. The molecule has 0 aromatic heterocycles. The number of carbonyl (C=O) groups excluding carboxylic acids is 2. The number of amides is 2. The number of anilines is 1. The van der Waals surface area contributed by atoms with Gasteiger partial charge in [-0.05, 0) is 37.0 Å². The average Bonchev–Trinajstić information content (AvgIpc) is 2.55. The van der Waals surface area contributed by atoms with E-state index in [0.29, 0.717) is 0 Å². The smallest absolute Gasteiger partial charge is 0.313 e. The van der Waals surface area contributed by atoms with E-state index < -0.39 is 29.0 Å². The zero-order valence-corrected chi connectivity index (χ0v) is 12.8. The Bertz CT molecular complexity index is 774. The predicted octanol–water partition coefficient (Wildman–Crippen LogP) is 3.10. The molecule has 0 bridgehead atoms. The third-order valence-corrected chi connectivity index (χ3v) is 4.29. The lowest BCUT2D eigenvalue weighted by Gasteiger charge is -2.42. The Morgan fingerprint density at radius 3 is 2.25 bits per heavy atom. The van der Waals surface area contributed by atoms with E-state index in [9.17, 15) is 18.4 Å². The van der Waals surface area contributed by atoms with Gasteiger partial charge in [-0.1, -0.05) is 36.4 Å². The minimum absolute atomic E-state index is 0.363. The fourth-order valence-electron chi connectivity index (χ4n) is 2.83. The maximum atomic E-state index is 13.6. The van der Waals surface area contributed by atoms with Gasteiger partial charge in [0.2, 0.25) is 0 Å². The standard InChI is InChI=1S/C18H16F2N2O2/c19-13-8-4-9-14(15(13)20)21-16(23)17(24)22-18(10-5-11-18)12-6-2-1-3-7-12/h1-4,6-9H,5,10-11H2,(H,21,23)(H,22,24). The first-order valence-electron chi connectivity index (χ1n) is 7.65. The Balaban J connectivity index is 1.72. The van der Waals surface area contributed by atoms with Crippen molar-refractivity contribution in [3.8, 4) is 0 Å². The minimum atomic E-state index is -1.19. The summed E-state index contributed by atoms with van der Waals surface area (Å²) in [6.45, 7) is 0. The number of nitrogens with one attached hydrogen (secondary N) is 2. The first-order valence-corrected chi connectivity index (χ1v) is 7.65. The zero-order chi connectivity index (χ0) is 17.2. The second kappa shape index (κ2) is 6.39. The number of carbonyl (C=O) groups is 2. The van der Waals surface area contributed by atoms with Crippen LogP contribution >= 0.6 is 0 Å². The van der Waals surface area contributed by atoms with Crippen LogP contribution in [0.3, 0.4) is 0 Å². The molecule has 3 rings (SSSR count). The number of benzene rings is 2. The molecule has 0 atom stereocenters. The Kier molecular flexibility index (Phi) is 4.29. The summed E-state index contributed by atoms with van der Waals surface area (Å²) in [4.78, 5) is 24.2. The van der Waals surface area contributed by atoms with Crippen molar-refractivity contribution < 1.29 is 18.4 Å². The molecule has 0 heterocycles. The van der Waals surface area contributed by atoms with Crippen molar-refractivity contribution in [3.05, 3.63) is 65.7 Å². The van der Waals surface area contributed by atoms with Gasteiger partial charge in [-0.2, -0.15) is 0 Å². The number of hydrogen-bond donors (Lipinski definition) is 2. The first-order chi connectivity index (χ1) is 11.5. The van der Waals surface area contributed by atoms with Gasteiger partial charge in [0.25, 0.3) is 0 Å². The van der Waals surface area contributed by atoms with Crippen molar-refractivity contribution >= 4 is 17.5 Å². The van der Waals surface area contributed by atoms with E-state index in [0.717, 1.165) is 30.9 Å². The number of rotatable bonds is 3. The summed E-state index contributed by atoms with van der Waals surface area (Å²) in [5, 5.41) is 4.84. The van der Waals surface area contributed by atoms with Crippen molar-refractivity contribution in [3.63, 3.8) is 0 Å². The predicted molar refractivity (Wildman–Crippen MR) is 85.1 cm³/mol. The van der Waals surface area contributed by atoms with E-state index in [1.807, 2.05) is 30.3 Å². The Hall–Kier alpha value is -2.76. The third-order valence-electron chi connectivity index (χ3n) is 4.29. The first kappa shape index (κ1) is 16.1. The lowest BCUT2D eigenvalue weighted by molar-refractivity contribution is -0.138. The average molecular weight is 330 g/mol. The summed E-state index contributed by atoms with van der Waals surface area (Å²) < 4.78 is 26.7. The highest BCUT2D eigenvalue weighted by molar-refractivity contribution is 6.39. The van der Waals surface area contributed by atoms with Gasteiger partial charge in [-0.25, -0.2) is 8.78 Å². The van der Waals surface area contributed by atoms with Crippen LogP contribution in [0.15, 0.2) is 48.5 Å². The Labute approximate surface area is 137 Å². The highest BCUT2D eigenvalue weighted by Gasteiger charge is 2.41. The molecule has 2 aromatic carbocycles. The molecule has 1 fully saturated rings. The molecule has 24 heavy (non-hydrogen) atoms. The van der Waals surface area contributed by atoms with E-state index in [1.54, 1.807) is 0 Å². The molecule has 0 unspecified atom stereocenters. The third kappa shape index (κ3) is 2.99. The molecule has 6 heteroatoms. The second-order valence-corrected chi connectivity index (χ2v) is 5.81. The van der Waals surface area contributed by atoms with Crippen molar-refractivity contribution in [2.75, 3.05) is 5.32 Å². The fraction of sp³-hybridized carbons (Fsp3) is 0.222. The molecule has 2 amide bonds. The lowest BCUT2D eigenvalue weighted by atomic mass is 9.72. The number of hydrogen-bond acceptors (Lipinski definition) is 2. The van der Waals surface area contributed by atoms with Crippen LogP contribution in [0.1, 0.15) is 24.8 Å². The van der Waals surface area contributed by atoms with E-state index in [1.165, 1.54) is 12.1 Å². The highest BCUT2D eigenvalue weighted by Crippen LogP contribution is 2.41. The quantitative estimate of drug-likeness (QED) is 0.850. The van der Waals surface area contributed by atoms with Crippen LogP contribution in [0.5, 0.6) is 0 Å². The van der Waals surface area contributed by atoms with Crippen LogP contribution in [0, 0.1) is 11.6 Å². The van der Waals surface area contributed by atoms with Crippen LogP contribution in [0.2, 0.25) is 0 Å². The molecule has 1 saturated carbocycles. The maximum absolute atomic E-state index is 13.6. The molecule has 0 saturated heterocycles. The molecular weight excluding hydrogens is 314 g/mol. The summed E-state index contributed by atoms with van der Waals surface area (Å²) in [5.74, 6) is -4.18. The van der Waals surface area contributed by atoms with Gasteiger partial charge in [0.15, 0.2) is 11.6 Å². The minimum Gasteiger partial charge on any atom is -0.338 e. The topological polar surface area (TPSA) is 58.2 Å². The van der Waals surface area contributed by atoms with Crippen molar-refractivity contribution in [2.24, 2.45) is 0 Å². The van der Waals surface area contributed by atoms with Crippen LogP contribution in [-0.2, 0) is 15.1 Å². The van der Waals surface area contributed by atoms with Gasteiger partial charge >= 0.3 is 11.8 Å². The Morgan fingerprint density at radius 1 is 0.917 bits per heavy atom. The lowest BCUT2D eigenvalue weighted by Crippen LogP contribution is -2.53. The summed E-state index contributed by atoms with van der Waals surface area (Å²) in [5.41, 5.74) is -0.0113. The van der Waals surface area contributed by atoms with Crippen molar-refractivity contribution in [2.45, 2.75) is 24.8 Å². The number of halogens is 2. The van der Waals surface area contributed by atoms with E-state index in [4.69, 9.17) is 0 Å². The monoisotopic (exact) mass is 330 g/mol. The van der Waals surface area contributed by atoms with Gasteiger partial charge in [0.1, 0.15) is 0 Å². The second-order valence-electron chi connectivity index (χ2n) is 5.81. The highest BCUT2D eigenvalue weighted by atomic mass is 19.2. The molecule has 0 radical (unpaired) electrons. The molecule has 2 aromatic rings. The molecule has 124 valence electrons. The fourth-order valence-corrected chi connectivity index (χ4v) is 2.83. The molecule has 4 nitrogen and oxygen atoms in total. The molecule has 0 aliphatic heterocycles. The van der Waals surface area contributed by atoms with Crippen LogP contribution in [0.4, 0.5) is 14.5 Å². The van der Waals surface area contributed by atoms with Crippen LogP contribution < -0.4 is 10.6 Å². The van der Waals surface area contributed by atoms with Gasteiger partial charge in [-0.3, -0.25) is 9.59 Å². The van der Waals surface area contributed by atoms with E-state index in [-0.39, 0.29) is 5.69 Å². The maximum Gasteiger partial charge on any atom is 0.313 e.